The summed E-state index contributed by atoms with van der Waals surface area (Å²) in [5.74, 6) is 2.27. The van der Waals surface area contributed by atoms with E-state index in [0.29, 0.717) is 51.4 Å². The average Bonchev–Trinajstić information content (AvgIpc) is 1.68. The van der Waals surface area contributed by atoms with Crippen molar-refractivity contribution in [1.29, 1.82) is 0 Å². The first-order valence-corrected chi connectivity index (χ1v) is 49.8. The van der Waals surface area contributed by atoms with Crippen molar-refractivity contribution in [1.82, 2.24) is 65.1 Å². The van der Waals surface area contributed by atoms with E-state index in [4.69, 9.17) is 83.8 Å². The number of hydrogen-bond donors (Lipinski definition) is 8. The van der Waals surface area contributed by atoms with Crippen molar-refractivity contribution in [2.45, 2.75) is 221 Å². The zero-order valence-electron chi connectivity index (χ0n) is 74.5. The van der Waals surface area contributed by atoms with Crippen molar-refractivity contribution in [3.8, 4) is 35.1 Å². The summed E-state index contributed by atoms with van der Waals surface area (Å²) in [5.41, 5.74) is 19.2. The summed E-state index contributed by atoms with van der Waals surface area (Å²) in [6, 6.07) is 8.51. The van der Waals surface area contributed by atoms with Gasteiger partial charge in [-0.25, -0.2) is 54.9 Å². The highest BCUT2D eigenvalue weighted by molar-refractivity contribution is 9.10. The number of nitrogens with zero attached hydrogens (tertiary/aromatic N) is 10. The number of benzene rings is 3. The number of carbonyl (C=O) groups excluding carboxylic acids is 2. The average molecular weight is 2080 g/mol. The van der Waals surface area contributed by atoms with Crippen LogP contribution in [0.1, 0.15) is 167 Å². The molecule has 6 aliphatic heterocycles. The minimum absolute atomic E-state index is 0. The largest absolute Gasteiger partial charge is 0.477 e. The third-order valence-corrected chi connectivity index (χ3v) is 29.1. The maximum atomic E-state index is 12.9. The Bertz CT molecular complexity index is 5480. The Kier molecular flexibility index (Phi) is 35.6. The predicted molar refractivity (Wildman–Crippen MR) is 501 cm³/mol. The van der Waals surface area contributed by atoms with Crippen LogP contribution in [0.15, 0.2) is 92.8 Å². The molecule has 0 saturated carbocycles. The number of halogens is 6. The zero-order valence-corrected chi connectivity index (χ0v) is 83.9. The Hall–Kier alpha value is -7.25. The molecule has 10 aliphatic rings. The minimum Gasteiger partial charge on any atom is -0.477 e. The van der Waals surface area contributed by atoms with E-state index in [0.717, 1.165) is 114 Å². The highest BCUT2D eigenvalue weighted by atomic mass is 79.9. The third-order valence-electron chi connectivity index (χ3n) is 21.3. The van der Waals surface area contributed by atoms with E-state index in [9.17, 15) is 34.8 Å². The minimum atomic E-state index is -4.23. The van der Waals surface area contributed by atoms with Gasteiger partial charge in [-0.15, -0.1) is 0 Å². The normalized spacial score (nSPS) is 17.6. The highest BCUT2D eigenvalue weighted by Gasteiger charge is 2.39. The van der Waals surface area contributed by atoms with Gasteiger partial charge in [-0.1, -0.05) is 176 Å². The maximum Gasteiger partial charge on any atom is 0.346 e. The van der Waals surface area contributed by atoms with Crippen LogP contribution in [0.2, 0.25) is 15.1 Å². The van der Waals surface area contributed by atoms with Crippen molar-refractivity contribution in [3.05, 3.63) is 138 Å². The number of fused-ring (bicyclic) bond motifs is 9. The van der Waals surface area contributed by atoms with Crippen LogP contribution in [0.4, 0.5) is 16.2 Å². The SMILES string of the molecule is CC(C)(CBr)CBr.CC(C)(CO)CO.CC1(C)COc2c(Br)cnn2C1.CC1(C)COc2c(S(=O)(=O)NC(=O)Nc3c4c(cc5c3CCC5)CCC4)cnn2C1.CC1(C)COc2c(S(=O)(=O)Oc3c(Cl)cc(Cl)cc3Cl)cnn2C1.CC1(C)COc2c(S(N)(=O)=O)cnn2C1.CC1(C)COc2ccnn2C1.N.Nc1c2c(cc3c1CCC3)CCC2.O.O=C1C=CNC1. The van der Waals surface area contributed by atoms with Gasteiger partial charge in [0.05, 0.1) is 131 Å². The number of nitrogen functional groups attached to an aromatic ring is 1. The van der Waals surface area contributed by atoms with Crippen LogP contribution in [0.25, 0.3) is 0 Å². The number of rotatable bonds is 11. The first-order valence-electron chi connectivity index (χ1n) is 41.2. The Morgan fingerprint density at radius 2 is 0.945 bits per heavy atom. The van der Waals surface area contributed by atoms with Crippen LogP contribution < -0.4 is 60.2 Å². The Balaban J connectivity index is 0.000000185. The number of aryl methyl sites for hydroxylation is 4. The van der Waals surface area contributed by atoms with Crippen molar-refractivity contribution in [2.75, 3.05) is 74.5 Å². The van der Waals surface area contributed by atoms with Crippen LogP contribution in [0.5, 0.6) is 35.1 Å². The molecule has 127 heavy (non-hydrogen) atoms. The maximum absolute atomic E-state index is 12.9. The van der Waals surface area contributed by atoms with Gasteiger partial charge in [0.25, 0.3) is 10.0 Å². The van der Waals surface area contributed by atoms with E-state index in [1.807, 2.05) is 57.0 Å². The van der Waals surface area contributed by atoms with E-state index >= 15 is 0 Å². The van der Waals surface area contributed by atoms with Gasteiger partial charge in [0.1, 0.15) is 0 Å². The summed E-state index contributed by atoms with van der Waals surface area (Å²) >= 11 is 27.9. The van der Waals surface area contributed by atoms with Crippen LogP contribution in [-0.4, -0.2) is 165 Å². The molecule has 8 aromatic rings. The molecule has 5 aromatic heterocycles. The number of aromatic nitrogens is 10. The summed E-state index contributed by atoms with van der Waals surface area (Å²) in [5, 5.41) is 50.4. The number of nitrogens with one attached hydrogen (secondary N) is 3. The molecule has 0 radical (unpaired) electrons. The highest BCUT2D eigenvalue weighted by Crippen LogP contribution is 2.44. The lowest BCUT2D eigenvalue weighted by Crippen LogP contribution is -2.36. The number of ketones is 1. The Morgan fingerprint density at radius 3 is 1.35 bits per heavy atom. The number of alkyl halides is 2. The molecule has 18 rings (SSSR count). The van der Waals surface area contributed by atoms with E-state index < -0.39 is 36.2 Å². The Morgan fingerprint density at radius 1 is 0.559 bits per heavy atom. The molecule has 14 N–H and O–H groups in total. The first-order chi connectivity index (χ1) is 58.4. The quantitative estimate of drug-likeness (QED) is 0.0339. The van der Waals surface area contributed by atoms with Crippen molar-refractivity contribution >= 4 is 136 Å². The summed E-state index contributed by atoms with van der Waals surface area (Å²) in [6.07, 6.45) is 23.9. The molecule has 11 heterocycles. The zero-order chi connectivity index (χ0) is 91.8. The van der Waals surface area contributed by atoms with Crippen LogP contribution in [-0.2, 0) is 119 Å². The van der Waals surface area contributed by atoms with Crippen molar-refractivity contribution in [3.63, 3.8) is 0 Å². The van der Waals surface area contributed by atoms with Gasteiger partial charge in [0, 0.05) is 71.8 Å². The number of aliphatic hydroxyl groups excluding tert-OH is 2. The molecular weight excluding hydrogens is 1960 g/mol. The molecule has 0 unspecified atom stereocenters. The number of anilines is 2. The van der Waals surface area contributed by atoms with Gasteiger partial charge < -0.3 is 66.1 Å². The molecule has 0 bridgehead atoms. The molecule has 3 aromatic carbocycles. The number of nitrogens with two attached hydrogens (primary N) is 2. The van der Waals surface area contributed by atoms with Crippen LogP contribution in [0.3, 0.4) is 0 Å². The molecule has 2 amide bonds. The van der Waals surface area contributed by atoms with Gasteiger partial charge in [-0.05, 0) is 161 Å². The van der Waals surface area contributed by atoms with Crippen molar-refractivity contribution < 1.29 is 78.4 Å². The molecule has 0 fully saturated rings. The lowest BCUT2D eigenvalue weighted by molar-refractivity contribution is -0.113. The van der Waals surface area contributed by atoms with Crippen LogP contribution in [0, 0.1) is 37.9 Å². The fourth-order valence-electron chi connectivity index (χ4n) is 14.5. The molecule has 0 saturated heterocycles. The van der Waals surface area contributed by atoms with E-state index in [1.54, 1.807) is 32.4 Å². The van der Waals surface area contributed by atoms with Gasteiger partial charge in [0.15, 0.2) is 26.2 Å². The number of urea groups is 1. The summed E-state index contributed by atoms with van der Waals surface area (Å²) in [6.45, 7) is 35.7. The van der Waals surface area contributed by atoms with Crippen molar-refractivity contribution in [2.24, 2.45) is 43.0 Å². The van der Waals surface area contributed by atoms with E-state index in [1.165, 1.54) is 123 Å². The first kappa shape index (κ1) is 105. The summed E-state index contributed by atoms with van der Waals surface area (Å²) < 4.78 is 117. The number of ether oxygens (including phenoxy) is 5. The van der Waals surface area contributed by atoms with Gasteiger partial charge in [-0.2, -0.15) is 33.9 Å². The monoisotopic (exact) mass is 2080 g/mol. The molecule has 33 nitrogen and oxygen atoms in total. The smallest absolute Gasteiger partial charge is 0.346 e. The standard InChI is InChI=1S/C21H26N4O4S.C14H13Cl3N2O4S.C12H15N.C8H11BrN2O.C8H13N3O3S.C8H12N2O.C5H10Br2.C5H12O2.C4H5NO.H3N.H2O/c1-21(2)11-25-19(29-12-21)17(10-22-25)30(27,28)24-20(26)23-18-15-7-3-5-13(15)9-14-6-4-8-16(14)18;1-14(2)6-19-13(22-7-14)11(5-18-19)24(20,21)23-12-9(16)3-8(15)4-10(12)17;13-12-10-5-1-3-8(10)7-9-4-2-6-11(9)12;1-8(2)4-11-7(12-5-8)6(9)3-10-11;1-8(2)4-11-7(14-5-8)6(3-10-11)15(9,12)13;1-8(2)5-10-7(11-6-8)3-4-9-10;2*1-5(2,3-6)4-7;6-4-1-2-5-3-4;;/h9-10H,3-8,11-12H2,1-2H3,(H2,23,24,26);3-5H,6-7H2,1-2H3;7H,1-6,13H2;3H,4-5H2,1-2H3;3H,4-5H2,1-2H3,(H2,9,12,13);3-4H,5-6H2,1-2H3;3-4H2,1-2H3;6-7H,3-4H2,1-2H3;1-2,5H,3H2;1H3;1H2. The number of aliphatic hydroxyl groups is 2. The lowest BCUT2D eigenvalue weighted by Gasteiger charge is -2.30. The topological polar surface area (TPSA) is 476 Å². The molecule has 0 spiro atoms. The predicted octanol–water partition coefficient (Wildman–Crippen LogP) is 14.2. The second-order valence-corrected chi connectivity index (χ2v) is 45.8. The summed E-state index contributed by atoms with van der Waals surface area (Å²) in [7, 11) is -12.1. The number of sulfonamides is 2. The number of amides is 2. The van der Waals surface area contributed by atoms with E-state index in [-0.39, 0.29) is 116 Å². The number of primary sulfonamides is 1. The second-order valence-electron chi connectivity index (χ2n) is 37.9. The lowest BCUT2D eigenvalue weighted by atomic mass is 9.94. The molecule has 42 heteroatoms. The fraction of sp³-hybridized carbons (Fsp3) is 0.565. The third kappa shape index (κ3) is 27.9. The Labute approximate surface area is 785 Å². The summed E-state index contributed by atoms with van der Waals surface area (Å²) in [4.78, 5) is 22.5. The van der Waals surface area contributed by atoms with E-state index in [2.05, 4.69) is 142 Å². The number of hydrogen-bond acceptors (Lipinski definition) is 24. The van der Waals surface area contributed by atoms with Gasteiger partial charge in [0.2, 0.25) is 39.4 Å². The molecular formula is C85H122Br3Cl3N16O17S3. The fourth-order valence-corrected chi connectivity index (χ4v) is 19.5. The van der Waals surface area contributed by atoms with Crippen LogP contribution >= 0.6 is 82.6 Å². The number of carbonyl (C=O) groups is 2. The second kappa shape index (κ2) is 43.0. The van der Waals surface area contributed by atoms with Gasteiger partial charge in [-0.3, -0.25) is 4.79 Å². The van der Waals surface area contributed by atoms with Gasteiger partial charge >= 0.3 is 16.1 Å². The molecule has 4 aliphatic carbocycles. The molecule has 704 valence electrons. The molecule has 0 atom stereocenters.